The van der Waals surface area contributed by atoms with E-state index in [1.807, 2.05) is 6.07 Å². The fraction of sp³-hybridized carbons (Fsp3) is 0.636. The van der Waals surface area contributed by atoms with Crippen LogP contribution in [-0.4, -0.2) is 55.1 Å². The second kappa shape index (κ2) is 9.99. The molecule has 2 fully saturated rings. The molecular formula is C22H30FN3O2. The molecule has 2 heterocycles. The van der Waals surface area contributed by atoms with Crippen molar-refractivity contribution in [1.82, 2.24) is 9.80 Å². The average Bonchev–Trinajstić information content (AvgIpc) is 2.96. The highest BCUT2D eigenvalue weighted by molar-refractivity contribution is 5.77. The van der Waals surface area contributed by atoms with Crippen LogP contribution in [0.15, 0.2) is 18.2 Å². The van der Waals surface area contributed by atoms with Crippen molar-refractivity contribution in [1.29, 1.82) is 5.26 Å². The minimum absolute atomic E-state index is 0.108. The van der Waals surface area contributed by atoms with Gasteiger partial charge in [-0.15, -0.1) is 0 Å². The van der Waals surface area contributed by atoms with Crippen LogP contribution in [0.1, 0.15) is 49.7 Å². The van der Waals surface area contributed by atoms with Crippen molar-refractivity contribution < 1.29 is 13.9 Å². The number of benzene rings is 1. The number of halogens is 1. The highest BCUT2D eigenvalue weighted by Crippen LogP contribution is 2.31. The summed E-state index contributed by atoms with van der Waals surface area (Å²) >= 11 is 0. The number of amides is 1. The molecule has 0 aromatic heterocycles. The van der Waals surface area contributed by atoms with Gasteiger partial charge in [0.05, 0.1) is 11.6 Å². The monoisotopic (exact) mass is 387 g/mol. The van der Waals surface area contributed by atoms with Crippen molar-refractivity contribution in [2.75, 3.05) is 33.4 Å². The van der Waals surface area contributed by atoms with E-state index < -0.39 is 0 Å². The van der Waals surface area contributed by atoms with E-state index in [9.17, 15) is 9.18 Å². The van der Waals surface area contributed by atoms with Gasteiger partial charge in [0.15, 0.2) is 0 Å². The predicted octanol–water partition coefficient (Wildman–Crippen LogP) is 3.33. The Bertz CT molecular complexity index is 710. The van der Waals surface area contributed by atoms with E-state index in [1.165, 1.54) is 18.9 Å². The second-order valence-corrected chi connectivity index (χ2v) is 7.97. The minimum Gasteiger partial charge on any atom is -0.375 e. The number of rotatable bonds is 5. The number of carbonyl (C=O) groups is 1. The van der Waals surface area contributed by atoms with Crippen LogP contribution >= 0.6 is 0 Å². The molecule has 1 aromatic carbocycles. The molecule has 1 atom stereocenters. The van der Waals surface area contributed by atoms with Crippen LogP contribution < -0.4 is 0 Å². The molecule has 0 spiro atoms. The van der Waals surface area contributed by atoms with Gasteiger partial charge in [-0.05, 0) is 56.8 Å². The molecule has 152 valence electrons. The topological polar surface area (TPSA) is 56.6 Å². The highest BCUT2D eigenvalue weighted by Gasteiger charge is 2.33. The molecule has 0 N–H and O–H groups in total. The van der Waals surface area contributed by atoms with Crippen molar-refractivity contribution in [2.24, 2.45) is 5.92 Å². The van der Waals surface area contributed by atoms with Gasteiger partial charge in [-0.25, -0.2) is 4.39 Å². The van der Waals surface area contributed by atoms with Gasteiger partial charge in [0.25, 0.3) is 0 Å². The molecule has 3 rings (SSSR count). The maximum absolute atomic E-state index is 14.2. The summed E-state index contributed by atoms with van der Waals surface area (Å²) in [5.74, 6) is 0.304. The number of hydrogen-bond acceptors (Lipinski definition) is 4. The van der Waals surface area contributed by atoms with Gasteiger partial charge in [-0.1, -0.05) is 18.9 Å². The molecule has 28 heavy (non-hydrogen) atoms. The molecule has 5 nitrogen and oxygen atoms in total. The molecular weight excluding hydrogens is 357 g/mol. The molecule has 1 amide bonds. The van der Waals surface area contributed by atoms with Crippen molar-refractivity contribution >= 4 is 5.91 Å². The maximum atomic E-state index is 14.2. The lowest BCUT2D eigenvalue weighted by molar-refractivity contribution is -0.139. The van der Waals surface area contributed by atoms with Crippen LogP contribution in [0.2, 0.25) is 0 Å². The SMILES string of the molecule is COCC(=O)N1CCCCCC1C1CCN(Cc2ccc(C#N)cc2F)CC1. The Hall–Kier alpha value is -1.97. The normalized spacial score (nSPS) is 21.9. The molecule has 0 radical (unpaired) electrons. The fourth-order valence-corrected chi connectivity index (χ4v) is 4.62. The Kier molecular flexibility index (Phi) is 7.41. The van der Waals surface area contributed by atoms with Gasteiger partial charge in [-0.3, -0.25) is 9.69 Å². The van der Waals surface area contributed by atoms with Gasteiger partial charge in [0.2, 0.25) is 5.91 Å². The zero-order chi connectivity index (χ0) is 19.9. The summed E-state index contributed by atoms with van der Waals surface area (Å²) in [6, 6.07) is 6.99. The largest absolute Gasteiger partial charge is 0.375 e. The standard InChI is InChI=1S/C22H30FN3O2/c1-28-16-22(27)26-10-4-2-3-5-21(26)18-8-11-25(12-9-18)15-19-7-6-17(14-24)13-20(19)23/h6-7,13,18,21H,2-5,8-12,15-16H2,1H3. The first kappa shape index (κ1) is 20.8. The summed E-state index contributed by atoms with van der Waals surface area (Å²) < 4.78 is 19.3. The number of carbonyl (C=O) groups excluding carboxylic acids is 1. The Balaban J connectivity index is 1.59. The number of nitriles is 1. The zero-order valence-electron chi connectivity index (χ0n) is 16.7. The molecule has 1 unspecified atom stereocenters. The van der Waals surface area contributed by atoms with Crippen molar-refractivity contribution in [3.05, 3.63) is 35.1 Å². The third-order valence-electron chi connectivity index (χ3n) is 6.14. The summed E-state index contributed by atoms with van der Waals surface area (Å²) in [6.07, 6.45) is 6.56. The molecule has 2 aliphatic heterocycles. The predicted molar refractivity (Wildman–Crippen MR) is 105 cm³/mol. The van der Waals surface area contributed by atoms with Crippen molar-refractivity contribution in [2.45, 2.75) is 51.1 Å². The van der Waals surface area contributed by atoms with Crippen molar-refractivity contribution in [3.63, 3.8) is 0 Å². The van der Waals surface area contributed by atoms with E-state index in [4.69, 9.17) is 10.00 Å². The third-order valence-corrected chi connectivity index (χ3v) is 6.14. The number of hydrogen-bond donors (Lipinski definition) is 0. The summed E-state index contributed by atoms with van der Waals surface area (Å²) in [7, 11) is 1.57. The smallest absolute Gasteiger partial charge is 0.248 e. The number of nitrogens with zero attached hydrogens (tertiary/aromatic N) is 3. The second-order valence-electron chi connectivity index (χ2n) is 7.97. The quantitative estimate of drug-likeness (QED) is 0.778. The average molecular weight is 387 g/mol. The Morgan fingerprint density at radius 2 is 2.00 bits per heavy atom. The van der Waals surface area contributed by atoms with Crippen LogP contribution in [0, 0.1) is 23.1 Å². The fourth-order valence-electron chi connectivity index (χ4n) is 4.62. The summed E-state index contributed by atoms with van der Waals surface area (Å²) in [4.78, 5) is 16.9. The summed E-state index contributed by atoms with van der Waals surface area (Å²) in [6.45, 7) is 3.39. The molecule has 0 aliphatic carbocycles. The van der Waals surface area contributed by atoms with Gasteiger partial charge < -0.3 is 9.64 Å². The van der Waals surface area contributed by atoms with E-state index in [0.717, 1.165) is 45.3 Å². The number of likely N-dealkylation sites (tertiary alicyclic amines) is 2. The van der Waals surface area contributed by atoms with E-state index in [0.29, 0.717) is 29.6 Å². The van der Waals surface area contributed by atoms with E-state index in [1.54, 1.807) is 19.2 Å². The van der Waals surface area contributed by atoms with Crippen LogP contribution in [0.4, 0.5) is 4.39 Å². The molecule has 6 heteroatoms. The lowest BCUT2D eigenvalue weighted by Crippen LogP contribution is -2.48. The first-order valence-electron chi connectivity index (χ1n) is 10.3. The van der Waals surface area contributed by atoms with Crippen LogP contribution in [0.3, 0.4) is 0 Å². The molecule has 2 aliphatic rings. The summed E-state index contributed by atoms with van der Waals surface area (Å²) in [5.41, 5.74) is 0.998. The molecule has 1 aromatic rings. The Morgan fingerprint density at radius 3 is 2.68 bits per heavy atom. The van der Waals surface area contributed by atoms with Gasteiger partial charge in [0.1, 0.15) is 12.4 Å². The first-order chi connectivity index (χ1) is 13.6. The van der Waals surface area contributed by atoms with Crippen LogP contribution in [0.5, 0.6) is 0 Å². The van der Waals surface area contributed by atoms with Gasteiger partial charge in [0, 0.05) is 31.8 Å². The van der Waals surface area contributed by atoms with Gasteiger partial charge in [-0.2, -0.15) is 5.26 Å². The van der Waals surface area contributed by atoms with Crippen molar-refractivity contribution in [3.8, 4) is 6.07 Å². The number of methoxy groups -OCH3 is 1. The maximum Gasteiger partial charge on any atom is 0.248 e. The number of piperidine rings is 1. The first-order valence-corrected chi connectivity index (χ1v) is 10.3. The lowest BCUT2D eigenvalue weighted by Gasteiger charge is -2.40. The van der Waals surface area contributed by atoms with Crippen LogP contribution in [-0.2, 0) is 16.1 Å². The number of ether oxygens (including phenoxy) is 1. The highest BCUT2D eigenvalue weighted by atomic mass is 19.1. The third kappa shape index (κ3) is 5.09. The Morgan fingerprint density at radius 1 is 1.21 bits per heavy atom. The zero-order valence-corrected chi connectivity index (χ0v) is 16.7. The van der Waals surface area contributed by atoms with E-state index in [-0.39, 0.29) is 18.3 Å². The molecule has 0 bridgehead atoms. The van der Waals surface area contributed by atoms with Gasteiger partial charge >= 0.3 is 0 Å². The van der Waals surface area contributed by atoms with E-state index >= 15 is 0 Å². The molecule has 2 saturated heterocycles. The minimum atomic E-state index is -0.304. The summed E-state index contributed by atoms with van der Waals surface area (Å²) in [5, 5.41) is 8.88. The van der Waals surface area contributed by atoms with Crippen LogP contribution in [0.25, 0.3) is 0 Å². The Labute approximate surface area is 167 Å². The lowest BCUT2D eigenvalue weighted by atomic mass is 9.86. The molecule has 0 saturated carbocycles. The van der Waals surface area contributed by atoms with E-state index in [2.05, 4.69) is 9.80 Å².